The van der Waals surface area contributed by atoms with Crippen molar-refractivity contribution in [3.8, 4) is 0 Å². The first-order valence-electron chi connectivity index (χ1n) is 6.86. The molecule has 2 fully saturated rings. The summed E-state index contributed by atoms with van der Waals surface area (Å²) < 4.78 is 5.26. The van der Waals surface area contributed by atoms with Gasteiger partial charge in [0.2, 0.25) is 5.91 Å². The molecule has 19 heavy (non-hydrogen) atoms. The molecule has 1 aliphatic heterocycles. The molecule has 2 aliphatic rings. The van der Waals surface area contributed by atoms with Gasteiger partial charge in [-0.1, -0.05) is 5.57 Å². The van der Waals surface area contributed by atoms with Crippen molar-refractivity contribution < 1.29 is 19.4 Å². The summed E-state index contributed by atoms with van der Waals surface area (Å²) in [6, 6.07) is -0.0133. The van der Waals surface area contributed by atoms with Crippen molar-refractivity contribution in [2.24, 2.45) is 5.92 Å². The summed E-state index contributed by atoms with van der Waals surface area (Å²) in [6.45, 7) is 2.93. The van der Waals surface area contributed by atoms with Crippen LogP contribution in [0.25, 0.3) is 0 Å². The van der Waals surface area contributed by atoms with Gasteiger partial charge >= 0.3 is 5.97 Å². The van der Waals surface area contributed by atoms with Crippen LogP contribution >= 0.6 is 0 Å². The highest BCUT2D eigenvalue weighted by Crippen LogP contribution is 2.36. The fraction of sp³-hybridized carbons (Fsp3) is 0.714. The molecule has 0 spiro atoms. The van der Waals surface area contributed by atoms with Gasteiger partial charge in [0.15, 0.2) is 0 Å². The third kappa shape index (κ3) is 4.06. The maximum Gasteiger partial charge on any atom is 0.323 e. The predicted molar refractivity (Wildman–Crippen MR) is 69.7 cm³/mol. The highest BCUT2D eigenvalue weighted by molar-refractivity contribution is 5.91. The maximum atomic E-state index is 12.3. The van der Waals surface area contributed by atoms with Crippen LogP contribution in [0, 0.1) is 5.92 Å². The van der Waals surface area contributed by atoms with Gasteiger partial charge in [-0.25, -0.2) is 0 Å². The minimum atomic E-state index is -0.961. The molecule has 0 aromatic rings. The molecule has 106 valence electrons. The van der Waals surface area contributed by atoms with Crippen molar-refractivity contribution >= 4 is 11.9 Å². The van der Waals surface area contributed by atoms with E-state index >= 15 is 0 Å². The van der Waals surface area contributed by atoms with Gasteiger partial charge in [-0.05, 0) is 38.5 Å². The topological polar surface area (TPSA) is 66.8 Å². The molecule has 5 heteroatoms. The molecule has 1 saturated heterocycles. The molecular formula is C14H21NO4. The van der Waals surface area contributed by atoms with Crippen LogP contribution in [0.1, 0.15) is 32.6 Å². The number of carbonyl (C=O) groups excluding carboxylic acids is 1. The minimum Gasteiger partial charge on any atom is -0.480 e. The molecule has 1 aliphatic carbocycles. The molecule has 1 saturated carbocycles. The molecule has 2 rings (SSSR count). The number of ether oxygens (including phenoxy) is 1. The number of hydrogen-bond acceptors (Lipinski definition) is 3. The lowest BCUT2D eigenvalue weighted by Gasteiger charge is -2.32. The van der Waals surface area contributed by atoms with Gasteiger partial charge in [0.1, 0.15) is 6.54 Å². The van der Waals surface area contributed by atoms with Crippen LogP contribution in [0.15, 0.2) is 11.6 Å². The number of allylic oxidation sites excluding steroid dienone is 1. The van der Waals surface area contributed by atoms with Crippen LogP contribution in [-0.4, -0.2) is 47.7 Å². The van der Waals surface area contributed by atoms with Gasteiger partial charge in [0, 0.05) is 25.3 Å². The summed E-state index contributed by atoms with van der Waals surface area (Å²) in [5.41, 5.74) is 1.08. The highest BCUT2D eigenvalue weighted by Gasteiger charge is 2.28. The Labute approximate surface area is 113 Å². The number of carboxylic acid groups (broad SMARTS) is 1. The van der Waals surface area contributed by atoms with Crippen molar-refractivity contribution in [1.29, 1.82) is 0 Å². The Morgan fingerprint density at radius 2 is 1.89 bits per heavy atom. The standard InChI is InChI=1S/C14H21NO4/c1-10(11-2-3-11)8-13(16)15(9-14(17)18)12-4-6-19-7-5-12/h8,11-12H,2-7,9H2,1H3,(H,17,18)/b10-8+. The van der Waals surface area contributed by atoms with Crippen LogP contribution in [0.2, 0.25) is 0 Å². The lowest BCUT2D eigenvalue weighted by molar-refractivity contribution is -0.145. The van der Waals surface area contributed by atoms with Crippen LogP contribution < -0.4 is 0 Å². The molecule has 0 radical (unpaired) electrons. The Morgan fingerprint density at radius 3 is 2.42 bits per heavy atom. The normalized spacial score (nSPS) is 21.2. The summed E-state index contributed by atoms with van der Waals surface area (Å²) in [5.74, 6) is -0.596. The minimum absolute atomic E-state index is 0.0133. The van der Waals surface area contributed by atoms with Crippen LogP contribution in [0.4, 0.5) is 0 Å². The lowest BCUT2D eigenvalue weighted by atomic mass is 10.1. The van der Waals surface area contributed by atoms with Gasteiger partial charge in [-0.3, -0.25) is 9.59 Å². The fourth-order valence-electron chi connectivity index (χ4n) is 2.46. The van der Waals surface area contributed by atoms with Gasteiger partial charge in [0.25, 0.3) is 0 Å². The van der Waals surface area contributed by atoms with E-state index in [9.17, 15) is 9.59 Å². The summed E-state index contributed by atoms with van der Waals surface area (Å²) >= 11 is 0. The Balaban J connectivity index is 2.04. The number of nitrogens with zero attached hydrogens (tertiary/aromatic N) is 1. The molecule has 0 aromatic heterocycles. The Kier molecular flexibility index (Phi) is 4.58. The molecule has 1 N–H and O–H groups in total. The van der Waals surface area contributed by atoms with E-state index in [1.165, 1.54) is 4.90 Å². The van der Waals surface area contributed by atoms with Gasteiger partial charge in [-0.15, -0.1) is 0 Å². The molecule has 5 nitrogen and oxygen atoms in total. The number of aliphatic carboxylic acids is 1. The van der Waals surface area contributed by atoms with Crippen LogP contribution in [0.3, 0.4) is 0 Å². The molecule has 0 atom stereocenters. The van der Waals surface area contributed by atoms with Crippen LogP contribution in [0.5, 0.6) is 0 Å². The van der Waals surface area contributed by atoms with Crippen molar-refractivity contribution in [3.63, 3.8) is 0 Å². The number of amides is 1. The molecule has 0 unspecified atom stereocenters. The predicted octanol–water partition coefficient (Wildman–Crippen LogP) is 1.43. The largest absolute Gasteiger partial charge is 0.480 e. The van der Waals surface area contributed by atoms with E-state index in [0.717, 1.165) is 31.3 Å². The first-order chi connectivity index (χ1) is 9.08. The number of rotatable bonds is 5. The second-order valence-electron chi connectivity index (χ2n) is 5.37. The molecule has 1 heterocycles. The monoisotopic (exact) mass is 267 g/mol. The third-order valence-corrected chi connectivity index (χ3v) is 3.79. The summed E-state index contributed by atoms with van der Waals surface area (Å²) in [7, 11) is 0. The molecule has 0 bridgehead atoms. The molecule has 0 aromatic carbocycles. The quantitative estimate of drug-likeness (QED) is 0.765. The van der Waals surface area contributed by atoms with Gasteiger partial charge in [-0.2, -0.15) is 0 Å². The Morgan fingerprint density at radius 1 is 1.26 bits per heavy atom. The van der Waals surface area contributed by atoms with Crippen molar-refractivity contribution in [3.05, 3.63) is 11.6 Å². The van der Waals surface area contributed by atoms with E-state index in [4.69, 9.17) is 9.84 Å². The van der Waals surface area contributed by atoms with E-state index in [1.807, 2.05) is 6.92 Å². The average molecular weight is 267 g/mol. The number of hydrogen-bond donors (Lipinski definition) is 1. The lowest BCUT2D eigenvalue weighted by Crippen LogP contribution is -2.45. The van der Waals surface area contributed by atoms with E-state index in [1.54, 1.807) is 6.08 Å². The van der Waals surface area contributed by atoms with E-state index < -0.39 is 5.97 Å². The Bertz CT molecular complexity index is 381. The zero-order valence-corrected chi connectivity index (χ0v) is 11.3. The Hall–Kier alpha value is -1.36. The zero-order chi connectivity index (χ0) is 13.8. The summed E-state index contributed by atoms with van der Waals surface area (Å²) in [5, 5.41) is 8.97. The smallest absolute Gasteiger partial charge is 0.323 e. The summed E-state index contributed by atoms with van der Waals surface area (Å²) in [6.07, 6.45) is 5.35. The summed E-state index contributed by atoms with van der Waals surface area (Å²) in [4.78, 5) is 24.7. The van der Waals surface area contributed by atoms with Crippen molar-refractivity contribution in [1.82, 2.24) is 4.90 Å². The molecule has 1 amide bonds. The maximum absolute atomic E-state index is 12.3. The first-order valence-corrected chi connectivity index (χ1v) is 6.86. The fourth-order valence-corrected chi connectivity index (χ4v) is 2.46. The second-order valence-corrected chi connectivity index (χ2v) is 5.37. The van der Waals surface area contributed by atoms with Crippen molar-refractivity contribution in [2.75, 3.05) is 19.8 Å². The SMILES string of the molecule is C/C(=C\C(=O)N(CC(=O)O)C1CCOCC1)C1CC1. The highest BCUT2D eigenvalue weighted by atomic mass is 16.5. The zero-order valence-electron chi connectivity index (χ0n) is 11.3. The van der Waals surface area contributed by atoms with Crippen LogP contribution in [-0.2, 0) is 14.3 Å². The average Bonchev–Trinajstić information content (AvgIpc) is 3.20. The first kappa shape index (κ1) is 14.1. The van der Waals surface area contributed by atoms with E-state index in [2.05, 4.69) is 0 Å². The molecular weight excluding hydrogens is 246 g/mol. The van der Waals surface area contributed by atoms with Crippen molar-refractivity contribution in [2.45, 2.75) is 38.6 Å². The van der Waals surface area contributed by atoms with Gasteiger partial charge in [0.05, 0.1) is 0 Å². The van der Waals surface area contributed by atoms with Gasteiger partial charge < -0.3 is 14.7 Å². The number of carbonyl (C=O) groups is 2. The third-order valence-electron chi connectivity index (χ3n) is 3.79. The van der Waals surface area contributed by atoms with E-state index in [-0.39, 0.29) is 18.5 Å². The number of carboxylic acids is 1. The van der Waals surface area contributed by atoms with E-state index in [0.29, 0.717) is 19.1 Å². The second kappa shape index (κ2) is 6.19.